The minimum absolute atomic E-state index is 0.626. The van der Waals surface area contributed by atoms with Crippen molar-refractivity contribution in [2.45, 2.75) is 38.5 Å². The molecule has 6 nitrogen and oxygen atoms in total. The Bertz CT molecular complexity index is 656. The van der Waals surface area contributed by atoms with E-state index in [9.17, 15) is 0 Å². The highest BCUT2D eigenvalue weighted by Gasteiger charge is 2.15. The molecule has 2 rings (SSSR count). The van der Waals surface area contributed by atoms with Gasteiger partial charge in [-0.2, -0.15) is 0 Å². The van der Waals surface area contributed by atoms with Crippen LogP contribution in [0.15, 0.2) is 28.8 Å². The summed E-state index contributed by atoms with van der Waals surface area (Å²) < 4.78 is 16.3. The number of ether oxygens (including phenoxy) is 3. The molecular formula is C21H33N3O3. The lowest BCUT2D eigenvalue weighted by Gasteiger charge is -2.17. The summed E-state index contributed by atoms with van der Waals surface area (Å²) in [5.41, 5.74) is 2.63. The third-order valence-corrected chi connectivity index (χ3v) is 4.82. The smallest absolute Gasteiger partial charge is 0.203 e. The van der Waals surface area contributed by atoms with Gasteiger partial charge in [0.1, 0.15) is 0 Å². The van der Waals surface area contributed by atoms with Crippen molar-refractivity contribution in [3.05, 3.63) is 29.3 Å². The fourth-order valence-electron chi connectivity index (χ4n) is 3.37. The lowest BCUT2D eigenvalue weighted by molar-refractivity contribution is 0.322. The Labute approximate surface area is 163 Å². The van der Waals surface area contributed by atoms with Crippen molar-refractivity contribution in [1.82, 2.24) is 10.6 Å². The SMILES string of the molecule is CN=C(NCCC1=CCCCC1)NCCc1ccc(OC)c(OC)c1OC. The molecule has 1 aromatic carbocycles. The van der Waals surface area contributed by atoms with Crippen molar-refractivity contribution in [3.8, 4) is 17.2 Å². The highest BCUT2D eigenvalue weighted by atomic mass is 16.5. The summed E-state index contributed by atoms with van der Waals surface area (Å²) in [4.78, 5) is 4.30. The minimum Gasteiger partial charge on any atom is -0.493 e. The van der Waals surface area contributed by atoms with E-state index in [0.717, 1.165) is 37.5 Å². The van der Waals surface area contributed by atoms with E-state index >= 15 is 0 Å². The predicted octanol–water partition coefficient (Wildman–Crippen LogP) is 3.31. The van der Waals surface area contributed by atoms with E-state index in [2.05, 4.69) is 21.7 Å². The fraction of sp³-hybridized carbons (Fsp3) is 0.571. The number of methoxy groups -OCH3 is 3. The van der Waals surface area contributed by atoms with Gasteiger partial charge in [0.05, 0.1) is 21.3 Å². The molecule has 0 heterocycles. The highest BCUT2D eigenvalue weighted by Crippen LogP contribution is 2.39. The predicted molar refractivity (Wildman–Crippen MR) is 110 cm³/mol. The number of aliphatic imine (C=N–C) groups is 1. The average Bonchev–Trinajstić information content (AvgIpc) is 2.72. The normalized spacial score (nSPS) is 14.4. The fourth-order valence-corrected chi connectivity index (χ4v) is 3.37. The Morgan fingerprint density at radius 3 is 2.30 bits per heavy atom. The molecule has 0 spiro atoms. The zero-order valence-electron chi connectivity index (χ0n) is 17.1. The van der Waals surface area contributed by atoms with Gasteiger partial charge in [-0.25, -0.2) is 0 Å². The van der Waals surface area contributed by atoms with E-state index in [-0.39, 0.29) is 0 Å². The van der Waals surface area contributed by atoms with Crippen LogP contribution in [-0.2, 0) is 6.42 Å². The molecule has 6 heteroatoms. The molecule has 0 amide bonds. The van der Waals surface area contributed by atoms with Gasteiger partial charge in [0.2, 0.25) is 5.75 Å². The molecule has 2 N–H and O–H groups in total. The Hall–Kier alpha value is -2.37. The van der Waals surface area contributed by atoms with Crippen LogP contribution >= 0.6 is 0 Å². The van der Waals surface area contributed by atoms with Crippen molar-refractivity contribution < 1.29 is 14.2 Å². The summed E-state index contributed by atoms with van der Waals surface area (Å²) >= 11 is 0. The summed E-state index contributed by atoms with van der Waals surface area (Å²) in [6.45, 7) is 1.65. The molecular weight excluding hydrogens is 342 g/mol. The van der Waals surface area contributed by atoms with Crippen molar-refractivity contribution in [2.75, 3.05) is 41.5 Å². The van der Waals surface area contributed by atoms with Crippen LogP contribution in [0.1, 0.15) is 37.7 Å². The van der Waals surface area contributed by atoms with Gasteiger partial charge in [-0.3, -0.25) is 4.99 Å². The van der Waals surface area contributed by atoms with Crippen LogP contribution in [0.5, 0.6) is 17.2 Å². The van der Waals surface area contributed by atoms with Crippen molar-refractivity contribution >= 4 is 5.96 Å². The first kappa shape index (κ1) is 20.9. The molecule has 150 valence electrons. The third-order valence-electron chi connectivity index (χ3n) is 4.82. The van der Waals surface area contributed by atoms with Gasteiger partial charge < -0.3 is 24.8 Å². The molecule has 0 bridgehead atoms. The van der Waals surface area contributed by atoms with E-state index in [1.54, 1.807) is 34.0 Å². The standard InChI is InChI=1S/C21H33N3O3/c1-22-21(23-14-12-16-8-6-5-7-9-16)24-15-13-17-10-11-18(25-2)20(27-4)19(17)26-3/h8,10-11H,5-7,9,12-15H2,1-4H3,(H2,22,23,24). The summed E-state index contributed by atoms with van der Waals surface area (Å²) in [7, 11) is 6.69. The zero-order chi connectivity index (χ0) is 19.5. The van der Waals surface area contributed by atoms with Crippen molar-refractivity contribution in [2.24, 2.45) is 4.99 Å². The molecule has 0 unspecified atom stereocenters. The molecule has 1 aromatic rings. The summed E-state index contributed by atoms with van der Waals surface area (Å²) in [5.74, 6) is 2.83. The molecule has 0 saturated carbocycles. The summed E-state index contributed by atoms with van der Waals surface area (Å²) in [5, 5.41) is 6.76. The molecule has 0 aromatic heterocycles. The first-order valence-corrected chi connectivity index (χ1v) is 9.63. The summed E-state index contributed by atoms with van der Waals surface area (Å²) in [6, 6.07) is 3.91. The molecule has 1 aliphatic rings. The molecule has 27 heavy (non-hydrogen) atoms. The molecule has 0 aliphatic heterocycles. The van der Waals surface area contributed by atoms with Gasteiger partial charge in [-0.05, 0) is 44.6 Å². The first-order chi connectivity index (χ1) is 13.2. The average molecular weight is 376 g/mol. The van der Waals surface area contributed by atoms with Crippen LogP contribution in [0.4, 0.5) is 0 Å². The van der Waals surface area contributed by atoms with Crippen LogP contribution in [-0.4, -0.2) is 47.4 Å². The van der Waals surface area contributed by atoms with Crippen LogP contribution in [0.25, 0.3) is 0 Å². The quantitative estimate of drug-likeness (QED) is 0.394. The Morgan fingerprint density at radius 1 is 0.963 bits per heavy atom. The number of allylic oxidation sites excluding steroid dienone is 1. The molecule has 0 atom stereocenters. The van der Waals surface area contributed by atoms with E-state index in [1.165, 1.54) is 25.7 Å². The van der Waals surface area contributed by atoms with Gasteiger partial charge >= 0.3 is 0 Å². The van der Waals surface area contributed by atoms with Crippen LogP contribution < -0.4 is 24.8 Å². The molecule has 1 aliphatic carbocycles. The van der Waals surface area contributed by atoms with Gasteiger partial charge in [0, 0.05) is 25.7 Å². The maximum atomic E-state index is 5.54. The van der Waals surface area contributed by atoms with Crippen molar-refractivity contribution in [1.29, 1.82) is 0 Å². The second-order valence-electron chi connectivity index (χ2n) is 6.53. The number of guanidine groups is 1. The van der Waals surface area contributed by atoms with Gasteiger partial charge in [-0.1, -0.05) is 17.7 Å². The first-order valence-electron chi connectivity index (χ1n) is 9.63. The number of hydrogen-bond donors (Lipinski definition) is 2. The number of hydrogen-bond acceptors (Lipinski definition) is 4. The van der Waals surface area contributed by atoms with E-state index < -0.39 is 0 Å². The zero-order valence-corrected chi connectivity index (χ0v) is 17.1. The molecule has 0 fully saturated rings. The lowest BCUT2D eigenvalue weighted by Crippen LogP contribution is -2.38. The van der Waals surface area contributed by atoms with Crippen LogP contribution in [0.3, 0.4) is 0 Å². The minimum atomic E-state index is 0.626. The maximum Gasteiger partial charge on any atom is 0.203 e. The monoisotopic (exact) mass is 375 g/mol. The van der Waals surface area contributed by atoms with Gasteiger partial charge in [0.25, 0.3) is 0 Å². The van der Waals surface area contributed by atoms with Crippen molar-refractivity contribution in [3.63, 3.8) is 0 Å². The Balaban J connectivity index is 1.84. The topological polar surface area (TPSA) is 64.1 Å². The Morgan fingerprint density at radius 2 is 1.70 bits per heavy atom. The maximum absolute atomic E-state index is 5.54. The number of rotatable bonds is 9. The lowest BCUT2D eigenvalue weighted by atomic mass is 9.97. The van der Waals surface area contributed by atoms with E-state index in [0.29, 0.717) is 17.2 Å². The molecule has 0 saturated heterocycles. The van der Waals surface area contributed by atoms with Crippen LogP contribution in [0.2, 0.25) is 0 Å². The van der Waals surface area contributed by atoms with Crippen LogP contribution in [0, 0.1) is 0 Å². The number of nitrogens with zero attached hydrogens (tertiary/aromatic N) is 1. The Kier molecular flexibility index (Phi) is 8.81. The number of benzene rings is 1. The second kappa shape index (κ2) is 11.4. The van der Waals surface area contributed by atoms with E-state index in [4.69, 9.17) is 14.2 Å². The van der Waals surface area contributed by atoms with Gasteiger partial charge in [0.15, 0.2) is 17.5 Å². The summed E-state index contributed by atoms with van der Waals surface area (Å²) in [6.07, 6.45) is 9.40. The van der Waals surface area contributed by atoms with Gasteiger partial charge in [-0.15, -0.1) is 0 Å². The molecule has 0 radical (unpaired) electrons. The third kappa shape index (κ3) is 6.08. The highest BCUT2D eigenvalue weighted by molar-refractivity contribution is 5.79. The van der Waals surface area contributed by atoms with E-state index in [1.807, 2.05) is 12.1 Å². The second-order valence-corrected chi connectivity index (χ2v) is 6.53. The largest absolute Gasteiger partial charge is 0.493 e. The number of nitrogens with one attached hydrogen (secondary N) is 2.